The average molecular weight is 326 g/mol. The molecule has 1 saturated heterocycles. The highest BCUT2D eigenvalue weighted by Gasteiger charge is 2.20. The van der Waals surface area contributed by atoms with Crippen molar-refractivity contribution in [2.45, 2.75) is 25.4 Å². The molecular weight excluding hydrogens is 304 g/mol. The first-order chi connectivity index (χ1) is 11.7. The van der Waals surface area contributed by atoms with Crippen molar-refractivity contribution in [3.8, 4) is 0 Å². The summed E-state index contributed by atoms with van der Waals surface area (Å²) in [6.45, 7) is 3.04. The molecular formula is C18H22N4O2. The molecule has 0 amide bonds. The standard InChI is InChI=1S/C18H22N4O2/c1-24-18(23)16-9-10-17(21-20-16)19-15-8-5-11-22(13-15)12-14-6-3-2-4-7-14/h2-4,6-7,9-10,15H,5,8,11-13H2,1H3,(H,19,21). The third kappa shape index (κ3) is 4.29. The van der Waals surface area contributed by atoms with Crippen LogP contribution in [0.25, 0.3) is 0 Å². The topological polar surface area (TPSA) is 67.3 Å². The van der Waals surface area contributed by atoms with Gasteiger partial charge in [-0.3, -0.25) is 4.90 Å². The molecule has 1 unspecified atom stereocenters. The van der Waals surface area contributed by atoms with Crippen LogP contribution in [0.5, 0.6) is 0 Å². The molecule has 0 spiro atoms. The zero-order valence-electron chi connectivity index (χ0n) is 13.8. The van der Waals surface area contributed by atoms with Gasteiger partial charge in [-0.05, 0) is 37.1 Å². The van der Waals surface area contributed by atoms with Crippen LogP contribution in [0.4, 0.5) is 5.82 Å². The minimum atomic E-state index is -0.472. The monoisotopic (exact) mass is 326 g/mol. The van der Waals surface area contributed by atoms with Crippen LogP contribution in [-0.4, -0.2) is 47.3 Å². The molecule has 6 nitrogen and oxygen atoms in total. The second-order valence-corrected chi connectivity index (χ2v) is 6.00. The second-order valence-electron chi connectivity index (χ2n) is 6.00. The van der Waals surface area contributed by atoms with Crippen LogP contribution in [-0.2, 0) is 11.3 Å². The summed E-state index contributed by atoms with van der Waals surface area (Å²) in [4.78, 5) is 13.8. The highest BCUT2D eigenvalue weighted by molar-refractivity contribution is 5.86. The molecule has 0 aliphatic carbocycles. The second kappa shape index (κ2) is 7.88. The molecule has 0 radical (unpaired) electrons. The van der Waals surface area contributed by atoms with Crippen molar-refractivity contribution in [1.29, 1.82) is 0 Å². The number of benzene rings is 1. The number of aromatic nitrogens is 2. The number of hydrogen-bond donors (Lipinski definition) is 1. The van der Waals surface area contributed by atoms with E-state index >= 15 is 0 Å². The minimum Gasteiger partial charge on any atom is -0.464 e. The summed E-state index contributed by atoms with van der Waals surface area (Å²) in [6.07, 6.45) is 2.25. The number of nitrogens with zero attached hydrogens (tertiary/aromatic N) is 3. The molecule has 1 N–H and O–H groups in total. The lowest BCUT2D eigenvalue weighted by atomic mass is 10.0. The van der Waals surface area contributed by atoms with Crippen molar-refractivity contribution in [1.82, 2.24) is 15.1 Å². The molecule has 6 heteroatoms. The molecule has 1 aromatic heterocycles. The van der Waals surface area contributed by atoms with E-state index in [-0.39, 0.29) is 5.69 Å². The van der Waals surface area contributed by atoms with Gasteiger partial charge >= 0.3 is 5.97 Å². The van der Waals surface area contributed by atoms with Crippen LogP contribution in [0.3, 0.4) is 0 Å². The number of anilines is 1. The molecule has 1 aliphatic heterocycles. The molecule has 2 aromatic rings. The number of esters is 1. The van der Waals surface area contributed by atoms with Crippen LogP contribution < -0.4 is 5.32 Å². The fraction of sp³-hybridized carbons (Fsp3) is 0.389. The minimum absolute atomic E-state index is 0.220. The molecule has 24 heavy (non-hydrogen) atoms. The van der Waals surface area contributed by atoms with E-state index in [2.05, 4.69) is 49.4 Å². The number of ether oxygens (including phenoxy) is 1. The number of carbonyl (C=O) groups is 1. The Balaban J connectivity index is 1.56. The predicted molar refractivity (Wildman–Crippen MR) is 91.7 cm³/mol. The zero-order valence-corrected chi connectivity index (χ0v) is 13.8. The van der Waals surface area contributed by atoms with Gasteiger partial charge in [-0.1, -0.05) is 30.3 Å². The number of hydrogen-bond acceptors (Lipinski definition) is 6. The van der Waals surface area contributed by atoms with Gasteiger partial charge in [-0.15, -0.1) is 10.2 Å². The van der Waals surface area contributed by atoms with Gasteiger partial charge in [0.05, 0.1) is 7.11 Å². The van der Waals surface area contributed by atoms with Gasteiger partial charge in [0.15, 0.2) is 5.69 Å². The smallest absolute Gasteiger partial charge is 0.358 e. The van der Waals surface area contributed by atoms with E-state index in [4.69, 9.17) is 0 Å². The predicted octanol–water partition coefficient (Wildman–Crippen LogP) is 2.34. The first-order valence-electron chi connectivity index (χ1n) is 8.19. The normalized spacial score (nSPS) is 18.1. The molecule has 3 rings (SSSR count). The van der Waals surface area contributed by atoms with Crippen molar-refractivity contribution >= 4 is 11.8 Å². The molecule has 126 valence electrons. The summed E-state index contributed by atoms with van der Waals surface area (Å²) >= 11 is 0. The van der Waals surface area contributed by atoms with E-state index in [1.54, 1.807) is 12.1 Å². The van der Waals surface area contributed by atoms with Crippen LogP contribution in [0.2, 0.25) is 0 Å². The van der Waals surface area contributed by atoms with Crippen LogP contribution in [0.1, 0.15) is 28.9 Å². The van der Waals surface area contributed by atoms with Crippen LogP contribution in [0, 0.1) is 0 Å². The van der Waals surface area contributed by atoms with E-state index in [1.165, 1.54) is 12.7 Å². The van der Waals surface area contributed by atoms with Crippen molar-refractivity contribution in [2.24, 2.45) is 0 Å². The van der Waals surface area contributed by atoms with Crippen LogP contribution in [0.15, 0.2) is 42.5 Å². The fourth-order valence-corrected chi connectivity index (χ4v) is 2.99. The summed E-state index contributed by atoms with van der Waals surface area (Å²) in [7, 11) is 1.33. The first kappa shape index (κ1) is 16.4. The Bertz CT molecular complexity index is 660. The lowest BCUT2D eigenvalue weighted by Crippen LogP contribution is -2.41. The number of carbonyl (C=O) groups excluding carboxylic acids is 1. The number of likely N-dealkylation sites (tertiary alicyclic amines) is 1. The highest BCUT2D eigenvalue weighted by Crippen LogP contribution is 2.17. The first-order valence-corrected chi connectivity index (χ1v) is 8.19. The molecule has 0 saturated carbocycles. The van der Waals surface area contributed by atoms with Crippen LogP contribution >= 0.6 is 0 Å². The van der Waals surface area contributed by atoms with E-state index < -0.39 is 5.97 Å². The third-order valence-corrected chi connectivity index (χ3v) is 4.17. The summed E-state index contributed by atoms with van der Waals surface area (Å²) in [6, 6.07) is 14.3. The lowest BCUT2D eigenvalue weighted by molar-refractivity contribution is 0.0593. The highest BCUT2D eigenvalue weighted by atomic mass is 16.5. The maximum Gasteiger partial charge on any atom is 0.358 e. The Morgan fingerprint density at radius 3 is 2.79 bits per heavy atom. The molecule has 1 fully saturated rings. The maximum atomic E-state index is 11.4. The Hall–Kier alpha value is -2.47. The Morgan fingerprint density at radius 2 is 2.08 bits per heavy atom. The SMILES string of the molecule is COC(=O)c1ccc(NC2CCCN(Cc3ccccc3)C2)nn1. The Labute approximate surface area is 141 Å². The van der Waals surface area contributed by atoms with Gasteiger partial charge < -0.3 is 10.1 Å². The van der Waals surface area contributed by atoms with Gasteiger partial charge in [0, 0.05) is 19.1 Å². The number of methoxy groups -OCH3 is 1. The van der Waals surface area contributed by atoms with E-state index in [0.717, 1.165) is 32.5 Å². The molecule has 2 heterocycles. The molecule has 1 atom stereocenters. The zero-order chi connectivity index (χ0) is 16.8. The van der Waals surface area contributed by atoms with Gasteiger partial charge in [-0.25, -0.2) is 4.79 Å². The molecule has 1 aromatic carbocycles. The Kier molecular flexibility index (Phi) is 5.38. The summed E-state index contributed by atoms with van der Waals surface area (Å²) in [5, 5.41) is 11.4. The number of nitrogens with one attached hydrogen (secondary N) is 1. The van der Waals surface area contributed by atoms with E-state index in [1.807, 2.05) is 6.07 Å². The molecule has 1 aliphatic rings. The summed E-state index contributed by atoms with van der Waals surface area (Å²) in [5.74, 6) is 0.218. The van der Waals surface area contributed by atoms with E-state index in [9.17, 15) is 4.79 Å². The van der Waals surface area contributed by atoms with Gasteiger partial charge in [0.1, 0.15) is 5.82 Å². The lowest BCUT2D eigenvalue weighted by Gasteiger charge is -2.33. The largest absolute Gasteiger partial charge is 0.464 e. The van der Waals surface area contributed by atoms with E-state index in [0.29, 0.717) is 11.9 Å². The molecule has 0 bridgehead atoms. The summed E-state index contributed by atoms with van der Waals surface area (Å²) in [5.41, 5.74) is 1.55. The average Bonchev–Trinajstić information content (AvgIpc) is 2.63. The van der Waals surface area contributed by atoms with Crippen molar-refractivity contribution in [3.63, 3.8) is 0 Å². The van der Waals surface area contributed by atoms with Gasteiger partial charge in [-0.2, -0.15) is 0 Å². The van der Waals surface area contributed by atoms with Crippen molar-refractivity contribution in [3.05, 3.63) is 53.7 Å². The number of rotatable bonds is 5. The Morgan fingerprint density at radius 1 is 1.25 bits per heavy atom. The fourth-order valence-electron chi connectivity index (χ4n) is 2.99. The van der Waals surface area contributed by atoms with Gasteiger partial charge in [0.25, 0.3) is 0 Å². The van der Waals surface area contributed by atoms with Gasteiger partial charge in [0.2, 0.25) is 0 Å². The van der Waals surface area contributed by atoms with Crippen molar-refractivity contribution < 1.29 is 9.53 Å². The maximum absolute atomic E-state index is 11.4. The quantitative estimate of drug-likeness (QED) is 0.851. The van der Waals surface area contributed by atoms with Crippen molar-refractivity contribution in [2.75, 3.05) is 25.5 Å². The third-order valence-electron chi connectivity index (χ3n) is 4.17. The summed E-state index contributed by atoms with van der Waals surface area (Å²) < 4.78 is 4.63. The number of piperidine rings is 1.